The number of fused-ring (bicyclic) bond motifs is 5. The fourth-order valence-corrected chi connectivity index (χ4v) is 8.24. The normalized spacial score (nSPS) is 20.5. The lowest BCUT2D eigenvalue weighted by molar-refractivity contribution is -0.135. The Balaban J connectivity index is 1.02. The molecule has 4 amide bonds. The molecule has 1 unspecified atom stereocenters. The maximum Gasteiger partial charge on any atom is 0.407 e. The van der Waals surface area contributed by atoms with Crippen molar-refractivity contribution in [1.82, 2.24) is 44.9 Å². The second-order valence-corrected chi connectivity index (χ2v) is 14.9. The fraction of sp³-hybridized carbons (Fsp3) is 0.400. The van der Waals surface area contributed by atoms with E-state index in [1.165, 1.54) is 14.0 Å². The van der Waals surface area contributed by atoms with Crippen LogP contribution in [0.25, 0.3) is 44.7 Å². The number of H-pyrrole nitrogens is 2. The number of hydrogen-bond donors (Lipinski definition) is 4. The van der Waals surface area contributed by atoms with Crippen LogP contribution in [0.15, 0.2) is 54.9 Å². The molecule has 8 rings (SSSR count). The smallest absolute Gasteiger partial charge is 0.407 e. The van der Waals surface area contributed by atoms with Crippen LogP contribution < -0.4 is 15.4 Å². The molecule has 3 aromatic heterocycles. The molecule has 5 aromatic rings. The van der Waals surface area contributed by atoms with Gasteiger partial charge in [0.05, 0.1) is 67.8 Å². The first kappa shape index (κ1) is 38.4. The Kier molecular flexibility index (Phi) is 9.80. The van der Waals surface area contributed by atoms with Gasteiger partial charge in [0.2, 0.25) is 11.8 Å². The van der Waals surface area contributed by atoms with Crippen LogP contribution in [0.3, 0.4) is 0 Å². The first-order valence-electron chi connectivity index (χ1n) is 19.0. The highest BCUT2D eigenvalue weighted by Gasteiger charge is 2.49. The lowest BCUT2D eigenvalue weighted by Gasteiger charge is -2.28. The number of ether oxygens (including phenoxy) is 3. The van der Waals surface area contributed by atoms with E-state index in [2.05, 4.69) is 50.7 Å². The highest BCUT2D eigenvalue weighted by Crippen LogP contribution is 2.45. The SMILES string of the molecule is COC(=O)N[C@H](C)C(=O)N1CCC[C@@H]1c1ncc(-c2ccc3c(c2)OC(C)n2c-3cc3cc(-c4cnc([C@H]5CC(F)(F)CN5C(=O)[C@@H](C)NC(=O)OC)[nH]4)ccc32)[nH]1. The second-order valence-electron chi connectivity index (χ2n) is 14.9. The number of alkyl halides is 2. The van der Waals surface area contributed by atoms with Crippen molar-refractivity contribution in [2.24, 2.45) is 0 Å². The van der Waals surface area contributed by atoms with E-state index in [4.69, 9.17) is 4.74 Å². The third-order valence-corrected chi connectivity index (χ3v) is 11.1. The Morgan fingerprint density at radius 2 is 1.47 bits per heavy atom. The van der Waals surface area contributed by atoms with Gasteiger partial charge in [-0.1, -0.05) is 12.1 Å². The standard InChI is InChI=1S/C40H43F2N9O7/c1-20(45-38(54)56-4)36(52)49-12-6-7-30(49)34-43-18-28(47-34)24-8-10-26-31-14-25-13-23(9-11-29(25)51(31)22(3)58-33(26)15-24)27-17-44-35(48-27)32-16-40(41,42)19-50(32)37(53)21(2)46-39(55)57-5/h8-11,13-15,17-18,20-22,30,32H,6-7,12,16,19H2,1-5H3,(H,43,47)(H,44,48)(H,45,54)(H,46,55)/t20-,21-,22?,30-,32-/m1/s1. The van der Waals surface area contributed by atoms with Crippen LogP contribution in [0.1, 0.15) is 70.0 Å². The third-order valence-electron chi connectivity index (χ3n) is 11.1. The van der Waals surface area contributed by atoms with E-state index in [1.807, 2.05) is 43.3 Å². The molecule has 2 saturated heterocycles. The molecule has 5 atom stereocenters. The molecule has 0 saturated carbocycles. The average Bonchev–Trinajstić information content (AvgIpc) is 4.05. The number of imidazole rings is 2. The van der Waals surface area contributed by atoms with Gasteiger partial charge in [-0.15, -0.1) is 0 Å². The number of carbonyl (C=O) groups is 4. The number of aromatic nitrogens is 5. The number of likely N-dealkylation sites (tertiary alicyclic amines) is 2. The first-order chi connectivity index (χ1) is 27.7. The quantitative estimate of drug-likeness (QED) is 0.145. The van der Waals surface area contributed by atoms with Crippen LogP contribution in [0.4, 0.5) is 18.4 Å². The van der Waals surface area contributed by atoms with Gasteiger partial charge in [0.1, 0.15) is 29.5 Å². The molecule has 3 aliphatic heterocycles. The van der Waals surface area contributed by atoms with Gasteiger partial charge in [-0.3, -0.25) is 9.59 Å². The number of nitrogens with zero attached hydrogens (tertiary/aromatic N) is 5. The number of halogens is 2. The third kappa shape index (κ3) is 6.96. The number of nitrogens with one attached hydrogen (secondary N) is 4. The van der Waals surface area contributed by atoms with E-state index in [1.54, 1.807) is 24.2 Å². The summed E-state index contributed by atoms with van der Waals surface area (Å²) in [4.78, 5) is 68.2. The highest BCUT2D eigenvalue weighted by atomic mass is 19.3. The zero-order chi connectivity index (χ0) is 41.0. The van der Waals surface area contributed by atoms with E-state index in [-0.39, 0.29) is 24.0 Å². The number of alkyl carbamates (subject to hydrolysis) is 2. The molecule has 2 fully saturated rings. The minimum Gasteiger partial charge on any atom is -0.470 e. The maximum absolute atomic E-state index is 14.7. The predicted octanol–water partition coefficient (Wildman–Crippen LogP) is 6.06. The molecule has 2 aromatic carbocycles. The summed E-state index contributed by atoms with van der Waals surface area (Å²) in [6.45, 7) is 4.77. The van der Waals surface area contributed by atoms with Crippen molar-refractivity contribution < 1.29 is 42.2 Å². The molecule has 6 heterocycles. The molecule has 0 spiro atoms. The average molecular weight is 800 g/mol. The summed E-state index contributed by atoms with van der Waals surface area (Å²) >= 11 is 0. The van der Waals surface area contributed by atoms with Crippen LogP contribution >= 0.6 is 0 Å². The van der Waals surface area contributed by atoms with Crippen LogP contribution in [-0.2, 0) is 19.1 Å². The highest BCUT2D eigenvalue weighted by molar-refractivity contribution is 5.92. The minimum atomic E-state index is -3.13. The minimum absolute atomic E-state index is 0.211. The van der Waals surface area contributed by atoms with Crippen molar-refractivity contribution in [3.05, 3.63) is 66.5 Å². The van der Waals surface area contributed by atoms with Gasteiger partial charge < -0.3 is 49.2 Å². The summed E-state index contributed by atoms with van der Waals surface area (Å²) in [5, 5.41) is 5.82. The summed E-state index contributed by atoms with van der Waals surface area (Å²) in [7, 11) is 2.41. The van der Waals surface area contributed by atoms with Gasteiger partial charge >= 0.3 is 12.2 Å². The van der Waals surface area contributed by atoms with E-state index < -0.39 is 55.1 Å². The molecular formula is C40H43F2N9O7. The molecule has 0 radical (unpaired) electrons. The number of carbonyl (C=O) groups excluding carboxylic acids is 4. The van der Waals surface area contributed by atoms with Crippen molar-refractivity contribution in [2.75, 3.05) is 27.3 Å². The van der Waals surface area contributed by atoms with E-state index in [9.17, 15) is 28.0 Å². The Bertz CT molecular complexity index is 2430. The van der Waals surface area contributed by atoms with Crippen molar-refractivity contribution in [1.29, 1.82) is 0 Å². The lowest BCUT2D eigenvalue weighted by atomic mass is 10.0. The number of benzene rings is 2. The Hall–Kier alpha value is -6.46. The summed E-state index contributed by atoms with van der Waals surface area (Å²) in [5.74, 6) is -2.44. The van der Waals surface area contributed by atoms with Crippen LogP contribution in [0.2, 0.25) is 0 Å². The van der Waals surface area contributed by atoms with Crippen molar-refractivity contribution >= 4 is 34.9 Å². The zero-order valence-electron chi connectivity index (χ0n) is 32.5. The van der Waals surface area contributed by atoms with Crippen LogP contribution in [-0.4, -0.2) is 104 Å². The molecule has 304 valence electrons. The van der Waals surface area contributed by atoms with E-state index >= 15 is 0 Å². The Morgan fingerprint density at radius 1 is 0.862 bits per heavy atom. The summed E-state index contributed by atoms with van der Waals surface area (Å²) < 4.78 is 47.2. The predicted molar refractivity (Wildman–Crippen MR) is 206 cm³/mol. The summed E-state index contributed by atoms with van der Waals surface area (Å²) in [6, 6.07) is 10.8. The second kappa shape index (κ2) is 14.8. The van der Waals surface area contributed by atoms with E-state index in [0.29, 0.717) is 23.8 Å². The molecule has 4 N–H and O–H groups in total. The van der Waals surface area contributed by atoms with Gasteiger partial charge in [-0.25, -0.2) is 28.3 Å². The topological polar surface area (TPSA) is 189 Å². The van der Waals surface area contributed by atoms with Gasteiger partial charge in [0.25, 0.3) is 5.92 Å². The monoisotopic (exact) mass is 799 g/mol. The summed E-state index contributed by atoms with van der Waals surface area (Å²) in [5.41, 5.74) is 5.77. The Labute approximate surface area is 331 Å². The molecule has 18 heteroatoms. The van der Waals surface area contributed by atoms with Crippen molar-refractivity contribution in [3.63, 3.8) is 0 Å². The fourth-order valence-electron chi connectivity index (χ4n) is 8.24. The molecular weight excluding hydrogens is 756 g/mol. The zero-order valence-corrected chi connectivity index (χ0v) is 32.5. The number of rotatable bonds is 8. The molecule has 0 bridgehead atoms. The number of amides is 4. The van der Waals surface area contributed by atoms with Crippen LogP contribution in [0.5, 0.6) is 5.75 Å². The van der Waals surface area contributed by atoms with E-state index in [0.717, 1.165) is 63.8 Å². The number of aromatic amines is 2. The summed E-state index contributed by atoms with van der Waals surface area (Å²) in [6.07, 6.45) is 2.39. The molecule has 3 aliphatic rings. The van der Waals surface area contributed by atoms with Crippen molar-refractivity contribution in [3.8, 4) is 39.5 Å². The Morgan fingerprint density at radius 3 is 2.12 bits per heavy atom. The lowest BCUT2D eigenvalue weighted by Crippen LogP contribution is -2.47. The van der Waals surface area contributed by atoms with Gasteiger partial charge in [0, 0.05) is 35.0 Å². The maximum atomic E-state index is 14.7. The number of hydrogen-bond acceptors (Lipinski definition) is 9. The van der Waals surface area contributed by atoms with Gasteiger partial charge in [-0.05, 0) is 63.9 Å². The van der Waals surface area contributed by atoms with Crippen LogP contribution in [0, 0.1) is 0 Å². The van der Waals surface area contributed by atoms with Gasteiger partial charge in [-0.2, -0.15) is 0 Å². The molecule has 16 nitrogen and oxygen atoms in total. The largest absolute Gasteiger partial charge is 0.470 e. The first-order valence-corrected chi connectivity index (χ1v) is 19.0. The molecule has 58 heavy (non-hydrogen) atoms. The molecule has 0 aliphatic carbocycles. The van der Waals surface area contributed by atoms with Gasteiger partial charge in [0.15, 0.2) is 6.23 Å². The van der Waals surface area contributed by atoms with Crippen molar-refractivity contribution in [2.45, 2.75) is 76.4 Å². The number of methoxy groups -OCH3 is 2.